The second kappa shape index (κ2) is 7.65. The molecule has 5 nitrogen and oxygen atoms in total. The van der Waals surface area contributed by atoms with Crippen LogP contribution in [-0.4, -0.2) is 30.5 Å². The van der Waals surface area contributed by atoms with Crippen molar-refractivity contribution in [1.29, 1.82) is 0 Å². The fourth-order valence-electron chi connectivity index (χ4n) is 1.79. The quantitative estimate of drug-likeness (QED) is 0.724. The zero-order valence-corrected chi connectivity index (χ0v) is 13.9. The summed E-state index contributed by atoms with van der Waals surface area (Å²) in [6, 6.07) is 0. The van der Waals surface area contributed by atoms with Crippen LogP contribution in [0.5, 0.6) is 0 Å². The van der Waals surface area contributed by atoms with Gasteiger partial charge in [0.15, 0.2) is 5.69 Å². The van der Waals surface area contributed by atoms with Gasteiger partial charge in [0.2, 0.25) is 10.0 Å². The molecule has 0 fully saturated rings. The topological polar surface area (TPSA) is 64.0 Å². The zero-order chi connectivity index (χ0) is 17.0. The fraction of sp³-hybridized carbons (Fsp3) is 0.750. The van der Waals surface area contributed by atoms with Gasteiger partial charge in [-0.2, -0.15) is 18.3 Å². The molecule has 0 amide bonds. The molecule has 0 aliphatic carbocycles. The Balaban J connectivity index is 2.56. The molecule has 0 spiro atoms. The Labute approximate surface area is 132 Å². The number of nitrogens with zero attached hydrogens (tertiary/aromatic N) is 2. The van der Waals surface area contributed by atoms with Crippen LogP contribution < -0.4 is 4.72 Å². The second-order valence-corrected chi connectivity index (χ2v) is 7.19. The van der Waals surface area contributed by atoms with E-state index < -0.39 is 26.9 Å². The van der Waals surface area contributed by atoms with E-state index in [9.17, 15) is 21.6 Å². The lowest BCUT2D eigenvalue weighted by Crippen LogP contribution is -2.28. The van der Waals surface area contributed by atoms with Gasteiger partial charge < -0.3 is 0 Å². The first-order chi connectivity index (χ1) is 10.1. The summed E-state index contributed by atoms with van der Waals surface area (Å²) in [7, 11) is -3.32. The van der Waals surface area contributed by atoms with Gasteiger partial charge in [-0.25, -0.2) is 13.1 Å². The van der Waals surface area contributed by atoms with E-state index >= 15 is 0 Å². The molecule has 10 heteroatoms. The fourth-order valence-corrected chi connectivity index (χ4v) is 3.30. The molecule has 0 aliphatic rings. The standard InChI is InChI=1S/C12H19ClF3N3O2S/c1-3-4-8-22(20,21)17-6-5-7-19-9(2)10(13)11(18-19)12(14,15)16/h17H,3-8H2,1-2H3. The maximum Gasteiger partial charge on any atom is 0.436 e. The average molecular weight is 362 g/mol. The smallest absolute Gasteiger partial charge is 0.268 e. The molecule has 0 saturated carbocycles. The third-order valence-corrected chi connectivity index (χ3v) is 4.96. The summed E-state index contributed by atoms with van der Waals surface area (Å²) < 4.78 is 64.6. The summed E-state index contributed by atoms with van der Waals surface area (Å²) in [4.78, 5) is 0. The van der Waals surface area contributed by atoms with Crippen molar-refractivity contribution in [3.05, 3.63) is 16.4 Å². The Hall–Kier alpha value is -0.800. The molecule has 0 saturated heterocycles. The van der Waals surface area contributed by atoms with Gasteiger partial charge in [0.1, 0.15) is 0 Å². The molecule has 1 rings (SSSR count). The van der Waals surface area contributed by atoms with Crippen LogP contribution in [0.2, 0.25) is 5.02 Å². The molecular weight excluding hydrogens is 343 g/mol. The molecule has 0 aromatic carbocycles. The Morgan fingerprint density at radius 3 is 2.45 bits per heavy atom. The number of aryl methyl sites for hydroxylation is 1. The number of halogens is 4. The molecule has 0 radical (unpaired) electrons. The molecular formula is C12H19ClF3N3O2S. The second-order valence-electron chi connectivity index (χ2n) is 4.89. The molecule has 1 aromatic heterocycles. The van der Waals surface area contributed by atoms with Gasteiger partial charge in [0.25, 0.3) is 0 Å². The first kappa shape index (κ1) is 19.2. The van der Waals surface area contributed by atoms with E-state index in [4.69, 9.17) is 11.6 Å². The maximum atomic E-state index is 12.7. The number of hydrogen-bond donors (Lipinski definition) is 1. The van der Waals surface area contributed by atoms with Gasteiger partial charge in [-0.1, -0.05) is 24.9 Å². The first-order valence-corrected chi connectivity index (χ1v) is 8.89. The van der Waals surface area contributed by atoms with E-state index in [0.29, 0.717) is 12.8 Å². The van der Waals surface area contributed by atoms with Crippen LogP contribution >= 0.6 is 11.6 Å². The average Bonchev–Trinajstić information content (AvgIpc) is 2.69. The number of sulfonamides is 1. The predicted octanol–water partition coefficient (Wildman–Crippen LogP) is 2.97. The van der Waals surface area contributed by atoms with Crippen LogP contribution in [0.1, 0.15) is 37.6 Å². The third kappa shape index (κ3) is 5.44. The maximum absolute atomic E-state index is 12.7. The van der Waals surface area contributed by atoms with Gasteiger partial charge in [0, 0.05) is 13.1 Å². The van der Waals surface area contributed by atoms with Crippen molar-refractivity contribution < 1.29 is 21.6 Å². The van der Waals surface area contributed by atoms with Crippen molar-refractivity contribution in [2.24, 2.45) is 0 Å². The Kier molecular flexibility index (Phi) is 6.69. The van der Waals surface area contributed by atoms with Gasteiger partial charge in [-0.05, 0) is 19.8 Å². The monoisotopic (exact) mass is 361 g/mol. The molecule has 22 heavy (non-hydrogen) atoms. The largest absolute Gasteiger partial charge is 0.436 e. The first-order valence-electron chi connectivity index (χ1n) is 6.86. The summed E-state index contributed by atoms with van der Waals surface area (Å²) in [5, 5.41) is 3.03. The minimum Gasteiger partial charge on any atom is -0.268 e. The highest BCUT2D eigenvalue weighted by molar-refractivity contribution is 7.89. The number of rotatable bonds is 8. The molecule has 1 heterocycles. The summed E-state index contributed by atoms with van der Waals surface area (Å²) in [6.45, 7) is 3.62. The molecule has 1 aromatic rings. The third-order valence-electron chi connectivity index (χ3n) is 3.04. The molecule has 0 bridgehead atoms. The molecule has 0 unspecified atom stereocenters. The van der Waals surface area contributed by atoms with E-state index in [1.165, 1.54) is 6.92 Å². The van der Waals surface area contributed by atoms with Crippen molar-refractivity contribution in [1.82, 2.24) is 14.5 Å². The van der Waals surface area contributed by atoms with Gasteiger partial charge in [0.05, 0.1) is 16.5 Å². The minimum absolute atomic E-state index is 0.0499. The molecule has 0 aliphatic heterocycles. The predicted molar refractivity (Wildman–Crippen MR) is 78.3 cm³/mol. The van der Waals surface area contributed by atoms with Crippen molar-refractivity contribution >= 4 is 21.6 Å². The summed E-state index contributed by atoms with van der Waals surface area (Å²) in [5.41, 5.74) is -0.905. The van der Waals surface area contributed by atoms with Crippen LogP contribution in [0.3, 0.4) is 0 Å². The molecule has 128 valence electrons. The summed E-state index contributed by atoms with van der Waals surface area (Å²) in [5.74, 6) is 0.0499. The van der Waals surface area contributed by atoms with Crippen LogP contribution in [0.4, 0.5) is 13.2 Å². The highest BCUT2D eigenvalue weighted by atomic mass is 35.5. The number of alkyl halides is 3. The van der Waals surface area contributed by atoms with Crippen LogP contribution in [-0.2, 0) is 22.7 Å². The van der Waals surface area contributed by atoms with Crippen LogP contribution in [0.15, 0.2) is 0 Å². The van der Waals surface area contributed by atoms with Crippen molar-refractivity contribution in [2.45, 2.75) is 45.8 Å². The number of hydrogen-bond acceptors (Lipinski definition) is 3. The zero-order valence-electron chi connectivity index (χ0n) is 12.4. The molecule has 0 atom stereocenters. The van der Waals surface area contributed by atoms with E-state index in [1.807, 2.05) is 6.92 Å². The van der Waals surface area contributed by atoms with E-state index in [2.05, 4.69) is 9.82 Å². The van der Waals surface area contributed by atoms with E-state index in [0.717, 1.165) is 11.1 Å². The number of aromatic nitrogens is 2. The highest BCUT2D eigenvalue weighted by Crippen LogP contribution is 2.35. The highest BCUT2D eigenvalue weighted by Gasteiger charge is 2.38. The Morgan fingerprint density at radius 1 is 1.32 bits per heavy atom. The number of nitrogens with one attached hydrogen (secondary N) is 1. The minimum atomic E-state index is -4.60. The van der Waals surface area contributed by atoms with Gasteiger partial charge >= 0.3 is 6.18 Å². The van der Waals surface area contributed by atoms with Crippen LogP contribution in [0.25, 0.3) is 0 Å². The lowest BCUT2D eigenvalue weighted by molar-refractivity contribution is -0.141. The number of unbranched alkanes of at least 4 members (excludes halogenated alkanes) is 1. The van der Waals surface area contributed by atoms with E-state index in [1.54, 1.807) is 0 Å². The van der Waals surface area contributed by atoms with Gasteiger partial charge in [-0.15, -0.1) is 0 Å². The van der Waals surface area contributed by atoms with E-state index in [-0.39, 0.29) is 24.5 Å². The van der Waals surface area contributed by atoms with Crippen molar-refractivity contribution in [3.63, 3.8) is 0 Å². The SMILES string of the molecule is CCCCS(=O)(=O)NCCCn1nc(C(F)(F)F)c(Cl)c1C. The lowest BCUT2D eigenvalue weighted by Gasteiger charge is -2.07. The van der Waals surface area contributed by atoms with Gasteiger partial charge in [-0.3, -0.25) is 4.68 Å². The van der Waals surface area contributed by atoms with Crippen LogP contribution in [0, 0.1) is 6.92 Å². The Morgan fingerprint density at radius 2 is 1.95 bits per heavy atom. The normalized spacial score (nSPS) is 12.8. The summed E-state index contributed by atoms with van der Waals surface area (Å²) >= 11 is 5.63. The molecule has 1 N–H and O–H groups in total. The van der Waals surface area contributed by atoms with Crippen molar-refractivity contribution in [2.75, 3.05) is 12.3 Å². The van der Waals surface area contributed by atoms with Crippen molar-refractivity contribution in [3.8, 4) is 0 Å². The Bertz CT molecular complexity index is 599. The lowest BCUT2D eigenvalue weighted by atomic mass is 10.3. The summed E-state index contributed by atoms with van der Waals surface area (Å²) in [6.07, 6.45) is -2.94.